The highest BCUT2D eigenvalue weighted by Crippen LogP contribution is 2.21. The van der Waals surface area contributed by atoms with Crippen molar-refractivity contribution in [3.63, 3.8) is 0 Å². The molecule has 3 N–H and O–H groups in total. The van der Waals surface area contributed by atoms with Crippen LogP contribution >= 0.6 is 11.6 Å². The second-order valence-electron chi connectivity index (χ2n) is 3.91. The highest BCUT2D eigenvalue weighted by molar-refractivity contribution is 6.30. The molecular formula is C13H21ClN2O2. The van der Waals surface area contributed by atoms with Crippen molar-refractivity contribution in [1.29, 1.82) is 0 Å². The smallest absolute Gasteiger partial charge is 0.122 e. The van der Waals surface area contributed by atoms with Crippen molar-refractivity contribution in [1.82, 2.24) is 5.32 Å². The van der Waals surface area contributed by atoms with E-state index in [1.165, 1.54) is 0 Å². The highest BCUT2D eigenvalue weighted by Gasteiger charge is 1.99. The van der Waals surface area contributed by atoms with Gasteiger partial charge >= 0.3 is 0 Å². The maximum atomic E-state index is 5.87. The Labute approximate surface area is 113 Å². The Morgan fingerprint density at radius 2 is 2.06 bits per heavy atom. The molecule has 0 aromatic heterocycles. The molecule has 0 aliphatic rings. The zero-order valence-corrected chi connectivity index (χ0v) is 11.5. The van der Waals surface area contributed by atoms with Crippen molar-refractivity contribution in [2.45, 2.75) is 6.92 Å². The van der Waals surface area contributed by atoms with Gasteiger partial charge in [-0.1, -0.05) is 11.6 Å². The van der Waals surface area contributed by atoms with E-state index in [4.69, 9.17) is 26.8 Å². The first-order chi connectivity index (χ1) is 8.74. The lowest BCUT2D eigenvalue weighted by atomic mass is 10.2. The van der Waals surface area contributed by atoms with Crippen LogP contribution in [-0.2, 0) is 4.74 Å². The molecule has 0 unspecified atom stereocenters. The van der Waals surface area contributed by atoms with E-state index in [0.29, 0.717) is 26.4 Å². The molecule has 0 atom stereocenters. The molecule has 5 heteroatoms. The second kappa shape index (κ2) is 9.16. The van der Waals surface area contributed by atoms with Gasteiger partial charge in [0.05, 0.1) is 13.2 Å². The predicted molar refractivity (Wildman–Crippen MR) is 74.4 cm³/mol. The monoisotopic (exact) mass is 272 g/mol. The molecular weight excluding hydrogens is 252 g/mol. The number of hydrogen-bond acceptors (Lipinski definition) is 4. The van der Waals surface area contributed by atoms with Crippen molar-refractivity contribution < 1.29 is 9.47 Å². The summed E-state index contributed by atoms with van der Waals surface area (Å²) in [5.74, 6) is 0.851. The summed E-state index contributed by atoms with van der Waals surface area (Å²) in [6, 6.07) is 5.58. The average Bonchev–Trinajstić information content (AvgIpc) is 2.35. The molecule has 0 aliphatic heterocycles. The number of rotatable bonds is 9. The third-order valence-corrected chi connectivity index (χ3v) is 2.60. The second-order valence-corrected chi connectivity index (χ2v) is 4.35. The summed E-state index contributed by atoms with van der Waals surface area (Å²) in [6.45, 7) is 6.05. The van der Waals surface area contributed by atoms with Crippen LogP contribution in [0.5, 0.6) is 5.75 Å². The Kier molecular flexibility index (Phi) is 7.76. The summed E-state index contributed by atoms with van der Waals surface area (Å²) in [6.07, 6.45) is 0. The topological polar surface area (TPSA) is 56.5 Å². The van der Waals surface area contributed by atoms with Crippen molar-refractivity contribution >= 4 is 11.6 Å². The number of nitrogens with two attached hydrogens (primary N) is 1. The predicted octanol–water partition coefficient (Wildman–Crippen LogP) is 1.59. The SMILES string of the molecule is Cc1cc(Cl)ccc1OCCOCCNCCN. The van der Waals surface area contributed by atoms with Gasteiger partial charge in [0.25, 0.3) is 0 Å². The normalized spacial score (nSPS) is 10.6. The number of aryl methyl sites for hydroxylation is 1. The zero-order valence-electron chi connectivity index (χ0n) is 10.7. The quantitative estimate of drug-likeness (QED) is 0.671. The molecule has 0 amide bonds. The van der Waals surface area contributed by atoms with Crippen molar-refractivity contribution in [2.24, 2.45) is 5.73 Å². The Morgan fingerprint density at radius 3 is 2.78 bits per heavy atom. The van der Waals surface area contributed by atoms with Gasteiger partial charge in [-0.05, 0) is 30.7 Å². The fourth-order valence-corrected chi connectivity index (χ4v) is 1.69. The number of nitrogens with one attached hydrogen (secondary N) is 1. The molecule has 1 rings (SSSR count). The molecule has 0 aliphatic carbocycles. The largest absolute Gasteiger partial charge is 0.491 e. The zero-order chi connectivity index (χ0) is 13.2. The molecule has 0 radical (unpaired) electrons. The lowest BCUT2D eigenvalue weighted by Gasteiger charge is -2.10. The number of benzene rings is 1. The van der Waals surface area contributed by atoms with Gasteiger partial charge in [-0.25, -0.2) is 0 Å². The van der Waals surface area contributed by atoms with Crippen LogP contribution in [0.25, 0.3) is 0 Å². The number of ether oxygens (including phenoxy) is 2. The molecule has 0 saturated carbocycles. The number of halogens is 1. The van der Waals surface area contributed by atoms with Crippen molar-refractivity contribution in [3.05, 3.63) is 28.8 Å². The van der Waals surface area contributed by atoms with Crippen LogP contribution in [0.1, 0.15) is 5.56 Å². The molecule has 4 nitrogen and oxygen atoms in total. The van der Waals surface area contributed by atoms with E-state index in [-0.39, 0.29) is 0 Å². The fraction of sp³-hybridized carbons (Fsp3) is 0.538. The third kappa shape index (κ3) is 6.21. The fourth-order valence-electron chi connectivity index (χ4n) is 1.46. The van der Waals surface area contributed by atoms with Gasteiger partial charge in [0, 0.05) is 24.7 Å². The molecule has 1 aromatic carbocycles. The minimum atomic E-state index is 0.541. The van der Waals surface area contributed by atoms with Crippen LogP contribution < -0.4 is 15.8 Å². The number of hydrogen-bond donors (Lipinski definition) is 2. The van der Waals surface area contributed by atoms with Gasteiger partial charge in [0.1, 0.15) is 12.4 Å². The summed E-state index contributed by atoms with van der Waals surface area (Å²) in [5, 5.41) is 3.88. The molecule has 0 heterocycles. The Bertz CT molecular complexity index is 348. The van der Waals surface area contributed by atoms with Crippen molar-refractivity contribution in [3.8, 4) is 5.75 Å². The molecule has 102 valence electrons. The van der Waals surface area contributed by atoms with Crippen LogP contribution in [0.2, 0.25) is 5.02 Å². The lowest BCUT2D eigenvalue weighted by molar-refractivity contribution is 0.102. The first-order valence-corrected chi connectivity index (χ1v) is 6.49. The summed E-state index contributed by atoms with van der Waals surface area (Å²) in [4.78, 5) is 0. The Morgan fingerprint density at radius 1 is 1.22 bits per heavy atom. The minimum absolute atomic E-state index is 0.541. The van der Waals surface area contributed by atoms with Crippen LogP contribution in [0.4, 0.5) is 0 Å². The Hall–Kier alpha value is -0.810. The summed E-state index contributed by atoms with van der Waals surface area (Å²) >= 11 is 5.87. The maximum absolute atomic E-state index is 5.87. The lowest BCUT2D eigenvalue weighted by Crippen LogP contribution is -2.26. The maximum Gasteiger partial charge on any atom is 0.122 e. The third-order valence-electron chi connectivity index (χ3n) is 2.37. The van der Waals surface area contributed by atoms with E-state index in [0.717, 1.165) is 29.4 Å². The highest BCUT2D eigenvalue weighted by atomic mass is 35.5. The van der Waals surface area contributed by atoms with E-state index >= 15 is 0 Å². The van der Waals surface area contributed by atoms with E-state index in [2.05, 4.69) is 5.32 Å². The van der Waals surface area contributed by atoms with E-state index < -0.39 is 0 Å². The summed E-state index contributed by atoms with van der Waals surface area (Å²) in [5.41, 5.74) is 6.38. The van der Waals surface area contributed by atoms with Gasteiger partial charge in [0.2, 0.25) is 0 Å². The standard InChI is InChI=1S/C13H21ClN2O2/c1-11-10-12(14)2-3-13(11)18-9-8-17-7-6-16-5-4-15/h2-3,10,16H,4-9,15H2,1H3. The Balaban J connectivity index is 2.07. The van der Waals surface area contributed by atoms with Crippen LogP contribution in [0, 0.1) is 6.92 Å². The van der Waals surface area contributed by atoms with E-state index in [9.17, 15) is 0 Å². The summed E-state index contributed by atoms with van der Waals surface area (Å²) < 4.78 is 11.0. The van der Waals surface area contributed by atoms with Gasteiger partial charge in [0.15, 0.2) is 0 Å². The van der Waals surface area contributed by atoms with Gasteiger partial charge < -0.3 is 20.5 Å². The molecule has 0 bridgehead atoms. The average molecular weight is 273 g/mol. The van der Waals surface area contributed by atoms with Crippen LogP contribution in [0.3, 0.4) is 0 Å². The van der Waals surface area contributed by atoms with Crippen LogP contribution in [0.15, 0.2) is 18.2 Å². The van der Waals surface area contributed by atoms with Crippen molar-refractivity contribution in [2.75, 3.05) is 39.5 Å². The molecule has 0 fully saturated rings. The van der Waals surface area contributed by atoms with Gasteiger partial charge in [-0.15, -0.1) is 0 Å². The van der Waals surface area contributed by atoms with Crippen LogP contribution in [-0.4, -0.2) is 39.5 Å². The van der Waals surface area contributed by atoms with E-state index in [1.807, 2.05) is 25.1 Å². The van der Waals surface area contributed by atoms with Gasteiger partial charge in [-0.3, -0.25) is 0 Å². The minimum Gasteiger partial charge on any atom is -0.491 e. The van der Waals surface area contributed by atoms with Gasteiger partial charge in [-0.2, -0.15) is 0 Å². The molecule has 1 aromatic rings. The molecule has 0 saturated heterocycles. The molecule has 0 spiro atoms. The summed E-state index contributed by atoms with van der Waals surface area (Å²) in [7, 11) is 0. The first kappa shape index (κ1) is 15.2. The first-order valence-electron chi connectivity index (χ1n) is 6.11. The van der Waals surface area contributed by atoms with E-state index in [1.54, 1.807) is 0 Å². The molecule has 18 heavy (non-hydrogen) atoms.